The van der Waals surface area contributed by atoms with Crippen molar-refractivity contribution in [3.63, 3.8) is 0 Å². The Balaban J connectivity index is 1.47. The van der Waals surface area contributed by atoms with Gasteiger partial charge in [-0.3, -0.25) is 0 Å². The van der Waals surface area contributed by atoms with E-state index < -0.39 is 30.3 Å². The second kappa shape index (κ2) is 7.31. The summed E-state index contributed by atoms with van der Waals surface area (Å²) >= 11 is 0. The molecule has 2 aliphatic carbocycles. The number of alkyl halides is 3. The van der Waals surface area contributed by atoms with Crippen LogP contribution in [0.5, 0.6) is 5.75 Å². The molecule has 1 unspecified atom stereocenters. The molecule has 3 heterocycles. The Bertz CT molecular complexity index is 1420. The lowest BCUT2D eigenvalue weighted by Crippen LogP contribution is -2.42. The van der Waals surface area contributed by atoms with Crippen molar-refractivity contribution >= 4 is 5.70 Å². The van der Waals surface area contributed by atoms with Crippen LogP contribution in [0, 0.1) is 17.1 Å². The summed E-state index contributed by atoms with van der Waals surface area (Å²) in [7, 11) is 1.35. The minimum atomic E-state index is -3.19. The molecule has 6 rings (SSSR count). The molecule has 178 valence electrons. The first-order chi connectivity index (χ1) is 16.7. The van der Waals surface area contributed by atoms with E-state index in [0.717, 1.165) is 11.8 Å². The molecule has 3 aliphatic rings. The van der Waals surface area contributed by atoms with E-state index in [1.807, 2.05) is 6.07 Å². The van der Waals surface area contributed by atoms with Crippen molar-refractivity contribution in [1.29, 1.82) is 5.26 Å². The molecule has 6 nitrogen and oxygen atoms in total. The van der Waals surface area contributed by atoms with E-state index >= 15 is 13.2 Å². The number of pyridine rings is 1. The molecular formula is C25H19F4N5O. The van der Waals surface area contributed by atoms with Gasteiger partial charge in [0, 0.05) is 47.8 Å². The zero-order valence-electron chi connectivity index (χ0n) is 18.7. The second-order valence-electron chi connectivity index (χ2n) is 9.09. The number of halogens is 4. The molecule has 1 aromatic carbocycles. The van der Waals surface area contributed by atoms with Gasteiger partial charge in [-0.25, -0.2) is 27.2 Å². The molecule has 0 N–H and O–H groups in total. The average molecular weight is 481 g/mol. The van der Waals surface area contributed by atoms with Crippen LogP contribution in [0.15, 0.2) is 42.2 Å². The maximum atomic E-state index is 16.0. The maximum absolute atomic E-state index is 16.0. The predicted octanol–water partition coefficient (Wildman–Crippen LogP) is 5.01. The number of ether oxygens (including phenoxy) is 1. The number of fused-ring (bicyclic) bond motifs is 5. The van der Waals surface area contributed by atoms with Crippen molar-refractivity contribution in [3.8, 4) is 17.6 Å². The fraction of sp³-hybridized carbons (Fsp3) is 0.320. The summed E-state index contributed by atoms with van der Waals surface area (Å²) in [6.45, 7) is 0.460. The smallest absolute Gasteiger partial charge is 0.271 e. The number of methoxy groups -OCH3 is 1. The number of hydrogen-bond donors (Lipinski definition) is 0. The number of benzene rings is 1. The monoisotopic (exact) mass is 481 g/mol. The lowest BCUT2D eigenvalue weighted by molar-refractivity contribution is -0.0323. The van der Waals surface area contributed by atoms with Gasteiger partial charge in [0.25, 0.3) is 5.92 Å². The van der Waals surface area contributed by atoms with Crippen LogP contribution in [0.1, 0.15) is 47.2 Å². The summed E-state index contributed by atoms with van der Waals surface area (Å²) in [6.07, 6.45) is 1.51. The standard InChI is InChI=1S/C25H19F4N5O/c1-35-23-14(9-30)2-4-17-21(23)22(18-8-24(17,27)6-7-25(18,28)29)33-11-15-12-34(32-19(15)13-33)20-5-3-16(26)10-31-20/h2-5,10,12H,6-8,11,13H2,1H3. The van der Waals surface area contributed by atoms with E-state index in [9.17, 15) is 9.65 Å². The van der Waals surface area contributed by atoms with Gasteiger partial charge in [-0.05, 0) is 24.6 Å². The fourth-order valence-corrected chi connectivity index (χ4v) is 5.41. The van der Waals surface area contributed by atoms with Gasteiger partial charge in [0.2, 0.25) is 0 Å². The first-order valence-electron chi connectivity index (χ1n) is 11.1. The van der Waals surface area contributed by atoms with Crippen LogP contribution in [0.25, 0.3) is 11.5 Å². The Morgan fingerprint density at radius 2 is 1.94 bits per heavy atom. The molecule has 3 aromatic rings. The van der Waals surface area contributed by atoms with E-state index in [4.69, 9.17) is 4.74 Å². The predicted molar refractivity (Wildman–Crippen MR) is 117 cm³/mol. The van der Waals surface area contributed by atoms with Crippen LogP contribution < -0.4 is 4.74 Å². The van der Waals surface area contributed by atoms with Gasteiger partial charge in [-0.1, -0.05) is 6.07 Å². The van der Waals surface area contributed by atoms with Crippen molar-refractivity contribution < 1.29 is 22.3 Å². The number of aromatic nitrogens is 3. The van der Waals surface area contributed by atoms with Crippen LogP contribution in [0.3, 0.4) is 0 Å². The molecule has 0 saturated heterocycles. The highest BCUT2D eigenvalue weighted by atomic mass is 19.3. The van der Waals surface area contributed by atoms with Crippen LogP contribution in [-0.2, 0) is 18.8 Å². The van der Waals surface area contributed by atoms with Gasteiger partial charge in [-0.2, -0.15) is 10.4 Å². The number of nitrogens with zero attached hydrogens (tertiary/aromatic N) is 5. The first kappa shape index (κ1) is 21.6. The van der Waals surface area contributed by atoms with Crippen LogP contribution in [0.2, 0.25) is 0 Å². The Morgan fingerprint density at radius 3 is 2.63 bits per heavy atom. The Hall–Kier alpha value is -3.87. The minimum Gasteiger partial charge on any atom is -0.495 e. The Labute approximate surface area is 198 Å². The number of allylic oxidation sites excluding steroid dienone is 1. The van der Waals surface area contributed by atoms with Crippen molar-refractivity contribution in [1.82, 2.24) is 19.7 Å². The highest BCUT2D eigenvalue weighted by Crippen LogP contribution is 2.59. The topological polar surface area (TPSA) is 67.0 Å². The van der Waals surface area contributed by atoms with Crippen molar-refractivity contribution in [3.05, 3.63) is 76.0 Å². The van der Waals surface area contributed by atoms with Gasteiger partial charge in [0.05, 0.1) is 36.8 Å². The van der Waals surface area contributed by atoms with E-state index in [0.29, 0.717) is 11.5 Å². The number of hydrogen-bond acceptors (Lipinski definition) is 5. The zero-order valence-corrected chi connectivity index (χ0v) is 18.7. The third-order valence-corrected chi connectivity index (χ3v) is 7.06. The third-order valence-electron chi connectivity index (χ3n) is 7.06. The number of rotatable bonds is 3. The molecule has 2 aromatic heterocycles. The summed E-state index contributed by atoms with van der Waals surface area (Å²) in [5, 5.41) is 14.1. The van der Waals surface area contributed by atoms with E-state index in [2.05, 4.69) is 10.1 Å². The van der Waals surface area contributed by atoms with Crippen LogP contribution in [-0.4, -0.2) is 32.7 Å². The molecule has 10 heteroatoms. The molecular weight excluding hydrogens is 462 g/mol. The summed E-state index contributed by atoms with van der Waals surface area (Å²) in [5.41, 5.74) is 0.0621. The molecule has 1 aliphatic heterocycles. The SMILES string of the molecule is COc1c(C#N)ccc2c1C(N1Cc3cn(-c4ccc(F)cn4)nc3C1)=C1CC2(F)CCC1(F)F. The van der Waals surface area contributed by atoms with Crippen molar-refractivity contribution in [2.45, 2.75) is 43.9 Å². The van der Waals surface area contributed by atoms with E-state index in [1.165, 1.54) is 36.1 Å². The second-order valence-corrected chi connectivity index (χ2v) is 9.09. The van der Waals surface area contributed by atoms with Gasteiger partial charge in [0.1, 0.15) is 23.3 Å². The van der Waals surface area contributed by atoms with E-state index in [1.54, 1.807) is 11.1 Å². The quantitative estimate of drug-likeness (QED) is 0.492. The maximum Gasteiger partial charge on any atom is 0.271 e. The van der Waals surface area contributed by atoms with Gasteiger partial charge >= 0.3 is 0 Å². The van der Waals surface area contributed by atoms with Crippen molar-refractivity contribution in [2.24, 2.45) is 0 Å². The largest absolute Gasteiger partial charge is 0.495 e. The lowest BCUT2D eigenvalue weighted by atomic mass is 9.69. The number of nitriles is 1. The third kappa shape index (κ3) is 3.14. The summed E-state index contributed by atoms with van der Waals surface area (Å²) < 4.78 is 66.7. The van der Waals surface area contributed by atoms with Crippen LogP contribution in [0.4, 0.5) is 17.6 Å². The Kier molecular flexibility index (Phi) is 4.52. The molecule has 35 heavy (non-hydrogen) atoms. The highest BCUT2D eigenvalue weighted by Gasteiger charge is 2.55. The van der Waals surface area contributed by atoms with Crippen LogP contribution >= 0.6 is 0 Å². The Morgan fingerprint density at radius 1 is 1.11 bits per heavy atom. The first-order valence-corrected chi connectivity index (χ1v) is 11.1. The minimum absolute atomic E-state index is 0.0991. The molecule has 1 fully saturated rings. The molecule has 1 atom stereocenters. The highest BCUT2D eigenvalue weighted by molar-refractivity contribution is 5.81. The van der Waals surface area contributed by atoms with Crippen molar-refractivity contribution in [2.75, 3.05) is 7.11 Å². The molecule has 1 saturated carbocycles. The van der Waals surface area contributed by atoms with Gasteiger partial charge in [0.15, 0.2) is 5.82 Å². The fourth-order valence-electron chi connectivity index (χ4n) is 5.41. The summed E-state index contributed by atoms with van der Waals surface area (Å²) in [6, 6.07) is 7.80. The van der Waals surface area contributed by atoms with Gasteiger partial charge in [-0.15, -0.1) is 0 Å². The zero-order chi connectivity index (χ0) is 24.5. The molecule has 0 amide bonds. The average Bonchev–Trinajstić information content (AvgIpc) is 3.41. The van der Waals surface area contributed by atoms with Gasteiger partial charge < -0.3 is 9.64 Å². The lowest BCUT2D eigenvalue weighted by Gasteiger charge is -2.44. The molecule has 2 bridgehead atoms. The summed E-state index contributed by atoms with van der Waals surface area (Å²) in [4.78, 5) is 5.77. The molecule has 0 spiro atoms. The van der Waals surface area contributed by atoms with E-state index in [-0.39, 0.29) is 53.2 Å². The normalized spacial score (nSPS) is 22.0. The summed E-state index contributed by atoms with van der Waals surface area (Å²) in [5.74, 6) is -3.12. The molecule has 0 radical (unpaired) electrons.